The van der Waals surface area contributed by atoms with Crippen molar-refractivity contribution in [3.8, 4) is 45.7 Å². The molecule has 3 aromatic carbocycles. The number of likely N-dealkylation sites (N-methyl/N-ethyl adjacent to an activating group) is 1. The molecule has 73 heavy (non-hydrogen) atoms. The molecule has 4 bridgehead atoms. The zero-order valence-electron chi connectivity index (χ0n) is 40.9. The van der Waals surface area contributed by atoms with E-state index < -0.39 is 95.1 Å². The van der Waals surface area contributed by atoms with Crippen molar-refractivity contribution in [2.24, 2.45) is 16.6 Å². The van der Waals surface area contributed by atoms with E-state index in [1.165, 1.54) is 38.1 Å². The topological polar surface area (TPSA) is 411 Å². The SMILES string of the molecule is Cc1c(C#N)c(-c2ccc(C(C)(C)C)cc2)nc(N)c1C(=O)NC(CNS(N)(=O)=O)C(=O)N(C)[C@@H]1C(=O)N[C@@H](C)C(=O)N[C@H](C(=O)O)Cc2ccc(OCC(O)CN)c(c2)-c2cc1cc(OCC(O)CN)c2O. The number of aliphatic hydroxyl groups is 2. The number of nitrogens with one attached hydrogen (secondary N) is 4. The number of nitrogens with two attached hydrogens (primary N) is 4. The Morgan fingerprint density at radius 1 is 0.959 bits per heavy atom. The van der Waals surface area contributed by atoms with Gasteiger partial charge in [0.1, 0.15) is 67.2 Å². The lowest BCUT2D eigenvalue weighted by Crippen LogP contribution is -2.57. The molecule has 16 N–H and O–H groups in total. The number of aliphatic hydroxyl groups excluding tert-OH is 2. The molecule has 6 atom stereocenters. The average Bonchev–Trinajstić information content (AvgIpc) is 3.32. The van der Waals surface area contributed by atoms with Crippen LogP contribution in [0.2, 0.25) is 0 Å². The fourth-order valence-corrected chi connectivity index (χ4v) is 8.18. The zero-order chi connectivity index (χ0) is 54.3. The molecule has 25 heteroatoms. The number of fused-ring (bicyclic) bond motifs is 5. The lowest BCUT2D eigenvalue weighted by molar-refractivity contribution is -0.143. The second-order valence-electron chi connectivity index (χ2n) is 18.4. The Bertz CT molecular complexity index is 2910. The van der Waals surface area contributed by atoms with Crippen LogP contribution in [0, 0.1) is 18.3 Å². The van der Waals surface area contributed by atoms with Gasteiger partial charge in [0.05, 0.1) is 16.8 Å². The van der Waals surface area contributed by atoms with E-state index in [4.69, 9.17) is 31.8 Å². The summed E-state index contributed by atoms with van der Waals surface area (Å²) in [5.41, 5.74) is 18.8. The number of nitriles is 1. The second-order valence-corrected chi connectivity index (χ2v) is 19.8. The molecule has 1 aliphatic rings. The summed E-state index contributed by atoms with van der Waals surface area (Å²) < 4.78 is 38.4. The van der Waals surface area contributed by atoms with E-state index in [-0.39, 0.29) is 93.5 Å². The molecule has 1 aliphatic heterocycles. The van der Waals surface area contributed by atoms with E-state index in [1.54, 1.807) is 12.1 Å². The summed E-state index contributed by atoms with van der Waals surface area (Å²) in [5.74, 6) is -7.16. The van der Waals surface area contributed by atoms with Gasteiger partial charge in [-0.05, 0) is 65.8 Å². The van der Waals surface area contributed by atoms with Crippen LogP contribution in [0.4, 0.5) is 5.82 Å². The summed E-state index contributed by atoms with van der Waals surface area (Å²) in [6.07, 6.45) is -2.76. The first-order valence-corrected chi connectivity index (χ1v) is 24.3. The summed E-state index contributed by atoms with van der Waals surface area (Å²) in [7, 11) is -3.49. The summed E-state index contributed by atoms with van der Waals surface area (Å²) in [6, 6.07) is 9.10. The Hall–Kier alpha value is -7.44. The molecule has 3 unspecified atom stereocenters. The van der Waals surface area contributed by atoms with Gasteiger partial charge in [0.15, 0.2) is 11.5 Å². The molecule has 0 saturated heterocycles. The van der Waals surface area contributed by atoms with E-state index in [0.29, 0.717) is 5.56 Å². The van der Waals surface area contributed by atoms with Crippen LogP contribution < -0.4 is 52.5 Å². The van der Waals surface area contributed by atoms with Crippen LogP contribution in [-0.4, -0.2) is 139 Å². The van der Waals surface area contributed by atoms with Crippen LogP contribution in [-0.2, 0) is 41.2 Å². The van der Waals surface area contributed by atoms with Crippen LogP contribution in [0.15, 0.2) is 54.6 Å². The van der Waals surface area contributed by atoms with Gasteiger partial charge in [-0.15, -0.1) is 0 Å². The standard InChI is InChI=1S/C48H61N11O13S/c1-23-33(19-51)39(26-8-10-28(11-9-26)48(3,4)5)58-42(52)38(23)44(64)57-35(20-54-73(53,69)70)46(66)59(6)40-27-15-32(41(62)37(16-27)72-22-30(61)18-50)31-13-25(7-12-36(31)71-21-29(60)17-49)14-34(47(67)68)56-43(63)24(2)55-45(40)65/h7-13,15-16,24,29-30,34-35,40,54,60-62H,14,17-18,20-22,49-50H2,1-6H3,(H2,52,58)(H,55,65)(H,56,63)(H,57,64)(H,67,68)(H2,53,69,70)/t24-,29?,30?,34-,35?,40-/m0/s1. The van der Waals surface area contributed by atoms with Crippen molar-refractivity contribution in [1.82, 2.24) is 30.6 Å². The van der Waals surface area contributed by atoms with Crippen LogP contribution in [0.5, 0.6) is 17.2 Å². The van der Waals surface area contributed by atoms with Gasteiger partial charge in [-0.1, -0.05) is 51.1 Å². The third-order valence-electron chi connectivity index (χ3n) is 11.9. The molecule has 0 radical (unpaired) electrons. The number of phenols is 1. The Balaban J connectivity index is 1.70. The van der Waals surface area contributed by atoms with Crippen molar-refractivity contribution < 1.29 is 62.3 Å². The Morgan fingerprint density at radius 2 is 1.58 bits per heavy atom. The average molecular weight is 1030 g/mol. The number of benzene rings is 3. The van der Waals surface area contributed by atoms with E-state index in [0.717, 1.165) is 23.6 Å². The van der Waals surface area contributed by atoms with Gasteiger partial charge in [-0.2, -0.15) is 18.4 Å². The minimum atomic E-state index is -4.58. The number of aliphatic carboxylic acids is 1. The molecule has 1 aromatic heterocycles. The van der Waals surface area contributed by atoms with Gasteiger partial charge in [0.25, 0.3) is 16.1 Å². The molecule has 4 amide bonds. The maximum absolute atomic E-state index is 14.9. The third-order valence-corrected chi connectivity index (χ3v) is 12.4. The molecular weight excluding hydrogens is 971 g/mol. The van der Waals surface area contributed by atoms with Crippen molar-refractivity contribution in [1.29, 1.82) is 5.26 Å². The molecule has 0 fully saturated rings. The number of aromatic nitrogens is 1. The molecule has 4 aromatic rings. The summed E-state index contributed by atoms with van der Waals surface area (Å²) >= 11 is 0. The van der Waals surface area contributed by atoms with Gasteiger partial charge < -0.3 is 68.0 Å². The van der Waals surface area contributed by atoms with E-state index in [9.17, 15) is 58.1 Å². The number of hydrogen-bond donors (Lipinski definition) is 12. The number of carboxylic acids is 1. The number of anilines is 1. The number of pyridine rings is 1. The lowest BCUT2D eigenvalue weighted by atomic mass is 9.86. The monoisotopic (exact) mass is 1030 g/mol. The number of amides is 4. The van der Waals surface area contributed by atoms with Crippen molar-refractivity contribution in [3.05, 3.63) is 88.0 Å². The molecule has 0 spiro atoms. The second kappa shape index (κ2) is 23.4. The van der Waals surface area contributed by atoms with Crippen molar-refractivity contribution >= 4 is 45.6 Å². The van der Waals surface area contributed by atoms with E-state index >= 15 is 0 Å². The van der Waals surface area contributed by atoms with Gasteiger partial charge in [0, 0.05) is 49.8 Å². The predicted molar refractivity (Wildman–Crippen MR) is 266 cm³/mol. The summed E-state index contributed by atoms with van der Waals surface area (Å²) in [5, 5.41) is 65.7. The molecular formula is C48H61N11O13S. The van der Waals surface area contributed by atoms with Gasteiger partial charge in [0.2, 0.25) is 17.7 Å². The number of ether oxygens (including phenoxy) is 2. The lowest BCUT2D eigenvalue weighted by Gasteiger charge is -2.33. The first-order chi connectivity index (χ1) is 34.2. The van der Waals surface area contributed by atoms with Crippen LogP contribution in [0.3, 0.4) is 0 Å². The van der Waals surface area contributed by atoms with Crippen LogP contribution in [0.25, 0.3) is 22.4 Å². The first-order valence-electron chi connectivity index (χ1n) is 22.7. The largest absolute Gasteiger partial charge is 0.504 e. The maximum Gasteiger partial charge on any atom is 0.326 e. The Labute approximate surface area is 421 Å². The summed E-state index contributed by atoms with van der Waals surface area (Å²) in [6.45, 7) is 6.47. The number of aromatic hydroxyl groups is 1. The molecule has 392 valence electrons. The number of nitrogen functional groups attached to an aromatic ring is 1. The molecule has 2 heterocycles. The summed E-state index contributed by atoms with van der Waals surface area (Å²) in [4.78, 5) is 75.3. The van der Waals surface area contributed by atoms with E-state index in [1.807, 2.05) is 37.6 Å². The molecule has 24 nitrogen and oxygen atoms in total. The molecule has 5 rings (SSSR count). The Kier molecular flexibility index (Phi) is 18.1. The van der Waals surface area contributed by atoms with Crippen LogP contribution >= 0.6 is 0 Å². The van der Waals surface area contributed by atoms with Gasteiger partial charge in [-0.3, -0.25) is 19.2 Å². The number of nitrogens with zero attached hydrogens (tertiary/aromatic N) is 3. The highest BCUT2D eigenvalue weighted by Gasteiger charge is 2.38. The number of phenolic OH excluding ortho intramolecular Hbond substituents is 1. The highest BCUT2D eigenvalue weighted by atomic mass is 32.2. The third kappa shape index (κ3) is 13.7. The predicted octanol–water partition coefficient (Wildman–Crippen LogP) is -0.701. The Morgan fingerprint density at radius 3 is 2.14 bits per heavy atom. The number of carbonyl (C=O) groups excluding carboxylic acids is 4. The van der Waals surface area contributed by atoms with Crippen LogP contribution in [0.1, 0.15) is 71.9 Å². The van der Waals surface area contributed by atoms with Crippen molar-refractivity contribution in [2.45, 2.75) is 82.8 Å². The molecule has 0 aliphatic carbocycles. The van der Waals surface area contributed by atoms with Gasteiger partial charge >= 0.3 is 5.97 Å². The minimum Gasteiger partial charge on any atom is -0.504 e. The fourth-order valence-electron chi connectivity index (χ4n) is 7.78. The minimum absolute atomic E-state index is 0.00867. The highest BCUT2D eigenvalue weighted by Crippen LogP contribution is 2.45. The van der Waals surface area contributed by atoms with E-state index in [2.05, 4.69) is 27.0 Å². The normalized spacial score (nSPS) is 17.4. The number of rotatable bonds is 17. The zero-order valence-corrected chi connectivity index (χ0v) is 41.7. The number of hydrogen-bond acceptors (Lipinski definition) is 17. The smallest absolute Gasteiger partial charge is 0.326 e. The van der Waals surface area contributed by atoms with Gasteiger partial charge in [-0.25, -0.2) is 14.9 Å². The van der Waals surface area contributed by atoms with Crippen molar-refractivity contribution in [2.75, 3.05) is 45.6 Å². The maximum atomic E-state index is 14.9. The number of carbonyl (C=O) groups is 5. The van der Waals surface area contributed by atoms with Crippen molar-refractivity contribution in [3.63, 3.8) is 0 Å². The number of carboxylic acid groups (broad SMARTS) is 1. The first kappa shape index (κ1) is 56.5. The highest BCUT2D eigenvalue weighted by molar-refractivity contribution is 7.87. The molecule has 0 saturated carbocycles. The quantitative estimate of drug-likeness (QED) is 0.0622. The fraction of sp³-hybridized carbons (Fsp3) is 0.396.